The quantitative estimate of drug-likeness (QED) is 0.570. The first-order valence-electron chi connectivity index (χ1n) is 9.37. The zero-order valence-corrected chi connectivity index (χ0v) is 16.1. The molecule has 0 saturated heterocycles. The molecule has 28 heavy (non-hydrogen) atoms. The van der Waals surface area contributed by atoms with Crippen molar-refractivity contribution in [1.29, 1.82) is 0 Å². The van der Waals surface area contributed by atoms with Gasteiger partial charge in [-0.3, -0.25) is 0 Å². The number of hydrogen-bond acceptors (Lipinski definition) is 3. The van der Waals surface area contributed by atoms with Crippen LogP contribution < -0.4 is 5.32 Å². The van der Waals surface area contributed by atoms with E-state index >= 15 is 0 Å². The molecule has 0 aliphatic heterocycles. The molecule has 0 aliphatic rings. The molecule has 2 unspecified atom stereocenters. The number of nitrogens with one attached hydrogen (secondary N) is 1. The van der Waals surface area contributed by atoms with Crippen molar-refractivity contribution in [2.45, 2.75) is 25.6 Å². The van der Waals surface area contributed by atoms with Gasteiger partial charge in [-0.05, 0) is 41.3 Å². The summed E-state index contributed by atoms with van der Waals surface area (Å²) < 4.78 is 5.84. The zero-order valence-electron chi connectivity index (χ0n) is 16.1. The summed E-state index contributed by atoms with van der Waals surface area (Å²) in [6, 6.07) is 25.8. The molecule has 2 atom stereocenters. The topological polar surface area (TPSA) is 58.6 Å². The number of ether oxygens (including phenoxy) is 1. The van der Waals surface area contributed by atoms with E-state index in [4.69, 9.17) is 4.74 Å². The molecule has 0 fully saturated rings. The molecule has 3 aromatic rings. The first kappa shape index (κ1) is 19.6. The minimum absolute atomic E-state index is 0.286. The molecule has 4 nitrogen and oxygen atoms in total. The van der Waals surface area contributed by atoms with Gasteiger partial charge in [-0.15, -0.1) is 0 Å². The van der Waals surface area contributed by atoms with E-state index in [1.807, 2.05) is 80.7 Å². The summed E-state index contributed by atoms with van der Waals surface area (Å²) in [5, 5.41) is 12.7. The van der Waals surface area contributed by atoms with Crippen molar-refractivity contribution in [3.8, 4) is 11.1 Å². The number of carboxylic acids is 1. The molecule has 0 aromatic heterocycles. The number of aliphatic carboxylic acids is 1. The van der Waals surface area contributed by atoms with Gasteiger partial charge in [0.15, 0.2) is 6.10 Å². The van der Waals surface area contributed by atoms with Gasteiger partial charge in [-0.1, -0.05) is 66.7 Å². The van der Waals surface area contributed by atoms with Crippen molar-refractivity contribution >= 4 is 11.7 Å². The smallest absolute Gasteiger partial charge is 0.333 e. The van der Waals surface area contributed by atoms with Crippen molar-refractivity contribution in [2.75, 3.05) is 12.4 Å². The second-order valence-corrected chi connectivity index (χ2v) is 6.75. The van der Waals surface area contributed by atoms with Crippen LogP contribution >= 0.6 is 0 Å². The molecule has 2 N–H and O–H groups in total. The van der Waals surface area contributed by atoms with Gasteiger partial charge in [0.1, 0.15) is 0 Å². The van der Waals surface area contributed by atoms with Crippen LogP contribution in [-0.2, 0) is 16.0 Å². The second-order valence-electron chi connectivity index (χ2n) is 6.75. The number of carboxylic acid groups (broad SMARTS) is 1. The van der Waals surface area contributed by atoms with E-state index in [1.54, 1.807) is 0 Å². The fourth-order valence-corrected chi connectivity index (χ4v) is 3.14. The molecule has 0 amide bonds. The van der Waals surface area contributed by atoms with Gasteiger partial charge < -0.3 is 15.2 Å². The van der Waals surface area contributed by atoms with Gasteiger partial charge in [0.2, 0.25) is 0 Å². The summed E-state index contributed by atoms with van der Waals surface area (Å²) in [4.78, 5) is 11.7. The van der Waals surface area contributed by atoms with Gasteiger partial charge in [0.25, 0.3) is 0 Å². The molecule has 0 saturated carbocycles. The predicted molar refractivity (Wildman–Crippen MR) is 112 cm³/mol. The number of anilines is 1. The van der Waals surface area contributed by atoms with Gasteiger partial charge in [-0.25, -0.2) is 4.79 Å². The predicted octanol–water partition coefficient (Wildman–Crippen LogP) is 5.17. The Hall–Kier alpha value is -3.11. The van der Waals surface area contributed by atoms with E-state index in [-0.39, 0.29) is 6.10 Å². The Bertz CT molecular complexity index is 907. The van der Waals surface area contributed by atoms with Gasteiger partial charge in [0, 0.05) is 19.2 Å². The molecule has 4 heteroatoms. The Morgan fingerprint density at radius 3 is 2.32 bits per heavy atom. The number of benzene rings is 3. The monoisotopic (exact) mass is 375 g/mol. The van der Waals surface area contributed by atoms with Crippen molar-refractivity contribution in [1.82, 2.24) is 0 Å². The maximum absolute atomic E-state index is 11.7. The maximum Gasteiger partial charge on any atom is 0.333 e. The highest BCUT2D eigenvalue weighted by molar-refractivity contribution is 5.73. The lowest BCUT2D eigenvalue weighted by Gasteiger charge is -2.20. The van der Waals surface area contributed by atoms with Crippen molar-refractivity contribution < 1.29 is 14.6 Å². The Morgan fingerprint density at radius 1 is 0.964 bits per heavy atom. The maximum atomic E-state index is 11.7. The lowest BCUT2D eigenvalue weighted by molar-refractivity contribution is -0.153. The summed E-state index contributed by atoms with van der Waals surface area (Å²) in [5.41, 5.74) is 5.15. The molecule has 0 aliphatic carbocycles. The lowest BCUT2D eigenvalue weighted by atomic mass is 10.0. The molecule has 3 aromatic carbocycles. The van der Waals surface area contributed by atoms with Crippen molar-refractivity contribution in [3.63, 3.8) is 0 Å². The Labute approximate surface area is 165 Å². The van der Waals surface area contributed by atoms with E-state index in [0.29, 0.717) is 6.42 Å². The molecule has 0 spiro atoms. The van der Waals surface area contributed by atoms with E-state index in [0.717, 1.165) is 27.9 Å². The standard InChI is InChI=1S/C24H25NO3/c1-17(19-7-4-3-5-8-19)28-23(24(26)27)15-18-11-13-20(14-12-18)21-9-6-10-22(16-21)25-2/h3-14,16-17,23,25H,15H2,1-2H3,(H,26,27). The van der Waals surface area contributed by atoms with E-state index < -0.39 is 12.1 Å². The average molecular weight is 375 g/mol. The van der Waals surface area contributed by atoms with Crippen LogP contribution in [0.5, 0.6) is 0 Å². The minimum atomic E-state index is -0.950. The fourth-order valence-electron chi connectivity index (χ4n) is 3.14. The second kappa shape index (κ2) is 9.20. The summed E-state index contributed by atoms with van der Waals surface area (Å²) >= 11 is 0. The highest BCUT2D eigenvalue weighted by Crippen LogP contribution is 2.24. The zero-order chi connectivity index (χ0) is 19.9. The summed E-state index contributed by atoms with van der Waals surface area (Å²) in [5.74, 6) is -0.950. The molecule has 0 radical (unpaired) electrons. The third-order valence-corrected chi connectivity index (χ3v) is 4.77. The van der Waals surface area contributed by atoms with Crippen LogP contribution in [0.4, 0.5) is 5.69 Å². The normalized spacial score (nSPS) is 12.9. The summed E-state index contributed by atoms with van der Waals surface area (Å²) in [6.07, 6.45) is -0.858. The van der Waals surface area contributed by atoms with Crippen molar-refractivity contribution in [2.24, 2.45) is 0 Å². The highest BCUT2D eigenvalue weighted by Gasteiger charge is 2.22. The fraction of sp³-hybridized carbons (Fsp3) is 0.208. The van der Waals surface area contributed by atoms with E-state index in [9.17, 15) is 9.90 Å². The molecular formula is C24H25NO3. The van der Waals surface area contributed by atoms with Crippen LogP contribution in [0.25, 0.3) is 11.1 Å². The average Bonchev–Trinajstić information content (AvgIpc) is 2.74. The number of hydrogen-bond donors (Lipinski definition) is 2. The van der Waals surface area contributed by atoms with Crippen LogP contribution in [0.2, 0.25) is 0 Å². The molecule has 0 heterocycles. The number of rotatable bonds is 8. The third kappa shape index (κ3) is 4.99. The minimum Gasteiger partial charge on any atom is -0.479 e. The first-order valence-corrected chi connectivity index (χ1v) is 9.37. The summed E-state index contributed by atoms with van der Waals surface area (Å²) in [7, 11) is 1.89. The third-order valence-electron chi connectivity index (χ3n) is 4.77. The van der Waals surface area contributed by atoms with Gasteiger partial charge in [-0.2, -0.15) is 0 Å². The number of carbonyl (C=O) groups is 1. The first-order chi connectivity index (χ1) is 13.6. The van der Waals surface area contributed by atoms with Crippen LogP contribution in [-0.4, -0.2) is 24.2 Å². The van der Waals surface area contributed by atoms with E-state index in [2.05, 4.69) is 17.4 Å². The Kier molecular flexibility index (Phi) is 6.45. The molecular weight excluding hydrogens is 350 g/mol. The Balaban J connectivity index is 1.70. The SMILES string of the molecule is CNc1cccc(-c2ccc(CC(OC(C)c3ccccc3)C(=O)O)cc2)c1. The van der Waals surface area contributed by atoms with E-state index in [1.165, 1.54) is 0 Å². The van der Waals surface area contributed by atoms with Gasteiger partial charge in [0.05, 0.1) is 6.10 Å². The Morgan fingerprint density at radius 2 is 1.68 bits per heavy atom. The lowest BCUT2D eigenvalue weighted by Crippen LogP contribution is -2.27. The van der Waals surface area contributed by atoms with Crippen LogP contribution in [0.3, 0.4) is 0 Å². The van der Waals surface area contributed by atoms with Crippen LogP contribution in [0.15, 0.2) is 78.9 Å². The van der Waals surface area contributed by atoms with Crippen LogP contribution in [0.1, 0.15) is 24.2 Å². The largest absolute Gasteiger partial charge is 0.479 e. The van der Waals surface area contributed by atoms with Gasteiger partial charge >= 0.3 is 5.97 Å². The molecule has 3 rings (SSSR count). The molecule has 0 bridgehead atoms. The van der Waals surface area contributed by atoms with Crippen molar-refractivity contribution in [3.05, 3.63) is 90.0 Å². The molecule has 144 valence electrons. The highest BCUT2D eigenvalue weighted by atomic mass is 16.5. The summed E-state index contributed by atoms with van der Waals surface area (Å²) in [6.45, 7) is 1.88. The van der Waals surface area contributed by atoms with Crippen LogP contribution in [0, 0.1) is 0 Å².